The molecular weight excluding hydrogens is 501 g/mol. The Labute approximate surface area is 204 Å². The minimum atomic E-state index is 0. The highest BCUT2D eigenvalue weighted by molar-refractivity contribution is 14.0. The molecule has 1 aromatic heterocycles. The van der Waals surface area contributed by atoms with E-state index in [0.717, 1.165) is 50.8 Å². The van der Waals surface area contributed by atoms with Gasteiger partial charge < -0.3 is 15.4 Å². The maximum Gasteiger partial charge on any atom is 0.191 e. The normalized spacial score (nSPS) is 15.5. The van der Waals surface area contributed by atoms with Crippen LogP contribution in [-0.2, 0) is 17.8 Å². The van der Waals surface area contributed by atoms with Gasteiger partial charge in [-0.3, -0.25) is 4.68 Å². The SMILES string of the molecule is CCNC(=NCc1cnn(Cc2ccccc2)c1)NCC1(CCOCC)CCCC1.I. The van der Waals surface area contributed by atoms with Crippen molar-refractivity contribution in [3.63, 3.8) is 0 Å². The number of ether oxygens (including phenoxy) is 1. The van der Waals surface area contributed by atoms with E-state index >= 15 is 0 Å². The number of nitrogens with zero attached hydrogens (tertiary/aromatic N) is 3. The number of aliphatic imine (C=N–C) groups is 1. The molecule has 6 nitrogen and oxygen atoms in total. The van der Waals surface area contributed by atoms with Crippen molar-refractivity contribution in [1.29, 1.82) is 0 Å². The highest BCUT2D eigenvalue weighted by Gasteiger charge is 2.33. The molecule has 0 radical (unpaired) electrons. The van der Waals surface area contributed by atoms with Crippen molar-refractivity contribution in [2.75, 3.05) is 26.3 Å². The van der Waals surface area contributed by atoms with Crippen molar-refractivity contribution in [3.8, 4) is 0 Å². The minimum absolute atomic E-state index is 0. The van der Waals surface area contributed by atoms with Crippen LogP contribution >= 0.6 is 24.0 Å². The molecule has 31 heavy (non-hydrogen) atoms. The fourth-order valence-corrected chi connectivity index (χ4v) is 4.20. The highest BCUT2D eigenvalue weighted by atomic mass is 127. The second kappa shape index (κ2) is 13.7. The van der Waals surface area contributed by atoms with Gasteiger partial charge in [-0.25, -0.2) is 4.99 Å². The summed E-state index contributed by atoms with van der Waals surface area (Å²) in [5.74, 6) is 0.885. The number of guanidine groups is 1. The van der Waals surface area contributed by atoms with Gasteiger partial charge in [0.25, 0.3) is 0 Å². The summed E-state index contributed by atoms with van der Waals surface area (Å²) in [7, 11) is 0. The maximum absolute atomic E-state index is 5.64. The lowest BCUT2D eigenvalue weighted by molar-refractivity contribution is 0.105. The van der Waals surface area contributed by atoms with E-state index in [2.05, 4.69) is 60.0 Å². The Hall–Kier alpha value is -1.61. The summed E-state index contributed by atoms with van der Waals surface area (Å²) >= 11 is 0. The van der Waals surface area contributed by atoms with E-state index in [9.17, 15) is 0 Å². The Bertz CT molecular complexity index is 771. The molecular formula is C24H38IN5O. The van der Waals surface area contributed by atoms with Crippen LogP contribution < -0.4 is 10.6 Å². The van der Waals surface area contributed by atoms with Gasteiger partial charge in [-0.1, -0.05) is 43.2 Å². The molecule has 1 fully saturated rings. The number of nitrogens with one attached hydrogen (secondary N) is 2. The third-order valence-electron chi connectivity index (χ3n) is 5.91. The predicted octanol–water partition coefficient (Wildman–Crippen LogP) is 4.59. The molecule has 0 amide bonds. The van der Waals surface area contributed by atoms with Crippen LogP contribution in [0.2, 0.25) is 0 Å². The third-order valence-corrected chi connectivity index (χ3v) is 5.91. The van der Waals surface area contributed by atoms with Crippen LogP contribution in [0, 0.1) is 5.41 Å². The van der Waals surface area contributed by atoms with E-state index < -0.39 is 0 Å². The standard InChI is InChI=1S/C24H37N5O.HI/c1-3-25-23(27-20-24(12-8-9-13-24)14-15-30-4-2)26-16-22-17-28-29(19-22)18-21-10-6-5-7-11-21;/h5-7,10-11,17,19H,3-4,8-9,12-16,18,20H2,1-2H3,(H2,25,26,27);1H. The maximum atomic E-state index is 5.64. The molecule has 0 saturated heterocycles. The average molecular weight is 540 g/mol. The summed E-state index contributed by atoms with van der Waals surface area (Å²) in [4.78, 5) is 4.80. The first-order chi connectivity index (χ1) is 14.7. The van der Waals surface area contributed by atoms with Gasteiger partial charge in [0.15, 0.2) is 5.96 Å². The predicted molar refractivity (Wildman–Crippen MR) is 138 cm³/mol. The Morgan fingerprint density at radius 2 is 1.90 bits per heavy atom. The Morgan fingerprint density at radius 1 is 1.13 bits per heavy atom. The van der Waals surface area contributed by atoms with Gasteiger partial charge in [0.2, 0.25) is 0 Å². The number of aromatic nitrogens is 2. The van der Waals surface area contributed by atoms with Crippen molar-refractivity contribution < 1.29 is 4.74 Å². The van der Waals surface area contributed by atoms with Crippen molar-refractivity contribution in [2.45, 2.75) is 59.0 Å². The molecule has 172 valence electrons. The molecule has 0 bridgehead atoms. The molecule has 1 heterocycles. The van der Waals surface area contributed by atoms with E-state index in [1.807, 2.05) is 16.9 Å². The number of rotatable bonds is 11. The molecule has 1 aromatic carbocycles. The zero-order chi connectivity index (χ0) is 21.1. The number of hydrogen-bond donors (Lipinski definition) is 2. The zero-order valence-corrected chi connectivity index (χ0v) is 21.3. The van der Waals surface area contributed by atoms with Crippen LogP contribution in [0.25, 0.3) is 0 Å². The first-order valence-electron chi connectivity index (χ1n) is 11.4. The monoisotopic (exact) mass is 539 g/mol. The van der Waals surface area contributed by atoms with Crippen LogP contribution in [0.1, 0.15) is 57.1 Å². The van der Waals surface area contributed by atoms with Gasteiger partial charge in [-0.05, 0) is 44.1 Å². The summed E-state index contributed by atoms with van der Waals surface area (Å²) in [6.07, 6.45) is 10.3. The molecule has 0 atom stereocenters. The van der Waals surface area contributed by atoms with Crippen LogP contribution in [0.4, 0.5) is 0 Å². The number of hydrogen-bond acceptors (Lipinski definition) is 3. The second-order valence-electron chi connectivity index (χ2n) is 8.23. The quantitative estimate of drug-likeness (QED) is 0.190. The second-order valence-corrected chi connectivity index (χ2v) is 8.23. The Balaban J connectivity index is 0.00000341. The molecule has 3 rings (SSSR count). The summed E-state index contributed by atoms with van der Waals surface area (Å²) in [6, 6.07) is 10.4. The first-order valence-corrected chi connectivity index (χ1v) is 11.4. The van der Waals surface area contributed by atoms with Crippen molar-refractivity contribution in [1.82, 2.24) is 20.4 Å². The lowest BCUT2D eigenvalue weighted by atomic mass is 9.83. The van der Waals surface area contributed by atoms with Crippen molar-refractivity contribution in [2.24, 2.45) is 10.4 Å². The topological polar surface area (TPSA) is 63.5 Å². The highest BCUT2D eigenvalue weighted by Crippen LogP contribution is 2.40. The van der Waals surface area contributed by atoms with Crippen LogP contribution in [0.3, 0.4) is 0 Å². The van der Waals surface area contributed by atoms with E-state index in [4.69, 9.17) is 9.73 Å². The van der Waals surface area contributed by atoms with Gasteiger partial charge in [-0.15, -0.1) is 24.0 Å². The van der Waals surface area contributed by atoms with Crippen LogP contribution in [0.5, 0.6) is 0 Å². The van der Waals surface area contributed by atoms with Gasteiger partial charge >= 0.3 is 0 Å². The molecule has 7 heteroatoms. The van der Waals surface area contributed by atoms with E-state index in [1.54, 1.807) is 0 Å². The number of benzene rings is 1. The Kier molecular flexibility index (Phi) is 11.4. The lowest BCUT2D eigenvalue weighted by Crippen LogP contribution is -2.43. The van der Waals surface area contributed by atoms with Crippen molar-refractivity contribution >= 4 is 29.9 Å². The molecule has 1 aliphatic carbocycles. The van der Waals surface area contributed by atoms with Crippen molar-refractivity contribution in [3.05, 3.63) is 53.9 Å². The van der Waals surface area contributed by atoms with Gasteiger partial charge in [0.05, 0.1) is 19.3 Å². The van der Waals surface area contributed by atoms with E-state index in [1.165, 1.54) is 31.2 Å². The summed E-state index contributed by atoms with van der Waals surface area (Å²) in [5, 5.41) is 11.5. The molecule has 0 spiro atoms. The molecule has 2 N–H and O–H groups in total. The average Bonchev–Trinajstić information content (AvgIpc) is 3.41. The zero-order valence-electron chi connectivity index (χ0n) is 19.0. The lowest BCUT2D eigenvalue weighted by Gasteiger charge is -2.30. The number of halogens is 1. The largest absolute Gasteiger partial charge is 0.382 e. The van der Waals surface area contributed by atoms with Crippen LogP contribution in [-0.4, -0.2) is 42.0 Å². The Morgan fingerprint density at radius 3 is 2.61 bits per heavy atom. The third kappa shape index (κ3) is 8.44. The summed E-state index contributed by atoms with van der Waals surface area (Å²) in [6.45, 7) is 9.04. The molecule has 0 aliphatic heterocycles. The first kappa shape index (κ1) is 25.6. The smallest absolute Gasteiger partial charge is 0.191 e. The van der Waals surface area contributed by atoms with Crippen LogP contribution in [0.15, 0.2) is 47.7 Å². The molecule has 1 aliphatic rings. The minimum Gasteiger partial charge on any atom is -0.382 e. The molecule has 2 aromatic rings. The van der Waals surface area contributed by atoms with Gasteiger partial charge in [-0.2, -0.15) is 5.10 Å². The van der Waals surface area contributed by atoms with Gasteiger partial charge in [0.1, 0.15) is 0 Å². The van der Waals surface area contributed by atoms with Gasteiger partial charge in [0, 0.05) is 38.1 Å². The fraction of sp³-hybridized carbons (Fsp3) is 0.583. The summed E-state index contributed by atoms with van der Waals surface area (Å²) in [5.41, 5.74) is 2.71. The van der Waals surface area contributed by atoms with E-state index in [0.29, 0.717) is 12.0 Å². The fourth-order valence-electron chi connectivity index (χ4n) is 4.20. The molecule has 1 saturated carbocycles. The summed E-state index contributed by atoms with van der Waals surface area (Å²) < 4.78 is 7.62. The molecule has 0 unspecified atom stereocenters. The van der Waals surface area contributed by atoms with E-state index in [-0.39, 0.29) is 24.0 Å².